The summed E-state index contributed by atoms with van der Waals surface area (Å²) in [6.45, 7) is 2.54. The van der Waals surface area contributed by atoms with E-state index in [2.05, 4.69) is 0 Å². The first kappa shape index (κ1) is 16.5. The largest absolute Gasteiger partial charge is 0.479 e. The molecule has 0 aromatic heterocycles. The summed E-state index contributed by atoms with van der Waals surface area (Å²) in [5.74, 6) is -1.09. The number of carboxylic acid groups (broad SMARTS) is 1. The van der Waals surface area contributed by atoms with E-state index in [-0.39, 0.29) is 12.5 Å². The summed E-state index contributed by atoms with van der Waals surface area (Å²) >= 11 is 0. The van der Waals surface area contributed by atoms with Gasteiger partial charge in [-0.05, 0) is 37.3 Å². The van der Waals surface area contributed by atoms with Gasteiger partial charge in [0.25, 0.3) is 0 Å². The lowest BCUT2D eigenvalue weighted by Crippen LogP contribution is -2.56. The first-order valence-electron chi connectivity index (χ1n) is 7.58. The lowest BCUT2D eigenvalue weighted by molar-refractivity contribution is -0.160. The monoisotopic (exact) mass is 305 g/mol. The predicted molar refractivity (Wildman–Crippen MR) is 82.7 cm³/mol. The molecule has 1 aromatic rings. The van der Waals surface area contributed by atoms with Crippen molar-refractivity contribution >= 4 is 11.9 Å². The summed E-state index contributed by atoms with van der Waals surface area (Å²) < 4.78 is 5.08. The number of nitrogens with zero attached hydrogens (tertiary/aromatic N) is 1. The van der Waals surface area contributed by atoms with Crippen LogP contribution >= 0.6 is 0 Å². The van der Waals surface area contributed by atoms with Crippen molar-refractivity contribution in [1.82, 2.24) is 4.90 Å². The molecule has 1 amide bonds. The van der Waals surface area contributed by atoms with Gasteiger partial charge in [0.1, 0.15) is 0 Å². The molecule has 1 saturated heterocycles. The van der Waals surface area contributed by atoms with E-state index < -0.39 is 11.5 Å². The van der Waals surface area contributed by atoms with Gasteiger partial charge in [-0.2, -0.15) is 0 Å². The fraction of sp³-hybridized carbons (Fsp3) is 0.529. The van der Waals surface area contributed by atoms with Gasteiger partial charge in [0.15, 0.2) is 5.54 Å². The van der Waals surface area contributed by atoms with Gasteiger partial charge in [-0.25, -0.2) is 4.79 Å². The molecule has 1 unspecified atom stereocenters. The Hall–Kier alpha value is -1.88. The van der Waals surface area contributed by atoms with Crippen LogP contribution in [0.15, 0.2) is 24.3 Å². The second-order valence-electron chi connectivity index (χ2n) is 5.85. The average molecular weight is 305 g/mol. The number of benzene rings is 1. The molecule has 1 fully saturated rings. The van der Waals surface area contributed by atoms with Crippen molar-refractivity contribution in [2.45, 2.75) is 38.1 Å². The van der Waals surface area contributed by atoms with Gasteiger partial charge in [-0.1, -0.05) is 24.3 Å². The highest BCUT2D eigenvalue weighted by atomic mass is 16.5. The van der Waals surface area contributed by atoms with Gasteiger partial charge < -0.3 is 14.7 Å². The molecule has 1 atom stereocenters. The number of carboxylic acids is 1. The van der Waals surface area contributed by atoms with Gasteiger partial charge in [-0.3, -0.25) is 4.79 Å². The Morgan fingerprint density at radius 3 is 2.73 bits per heavy atom. The molecule has 0 saturated carbocycles. The number of methoxy groups -OCH3 is 1. The second kappa shape index (κ2) is 6.92. The van der Waals surface area contributed by atoms with E-state index in [1.807, 2.05) is 31.2 Å². The number of hydrogen-bond acceptors (Lipinski definition) is 3. The Balaban J connectivity index is 2.08. The Morgan fingerprint density at radius 2 is 2.09 bits per heavy atom. The normalized spacial score (nSPS) is 21.1. The van der Waals surface area contributed by atoms with Crippen LogP contribution in [0.25, 0.3) is 0 Å². The van der Waals surface area contributed by atoms with Crippen molar-refractivity contribution in [1.29, 1.82) is 0 Å². The number of amides is 1. The van der Waals surface area contributed by atoms with Crippen LogP contribution in [0.3, 0.4) is 0 Å². The molecule has 1 heterocycles. The zero-order chi connectivity index (χ0) is 16.2. The van der Waals surface area contributed by atoms with Crippen LogP contribution in [-0.4, -0.2) is 47.7 Å². The number of likely N-dealkylation sites (tertiary alicyclic amines) is 1. The molecule has 1 aliphatic rings. The molecular formula is C17H23NO4. The number of hydrogen-bond donors (Lipinski definition) is 1. The van der Waals surface area contributed by atoms with Crippen LogP contribution in [0.5, 0.6) is 0 Å². The molecule has 120 valence electrons. The molecule has 1 aromatic carbocycles. The second-order valence-corrected chi connectivity index (χ2v) is 5.85. The van der Waals surface area contributed by atoms with Gasteiger partial charge in [0, 0.05) is 20.1 Å². The van der Waals surface area contributed by atoms with Crippen molar-refractivity contribution in [3.8, 4) is 0 Å². The first-order chi connectivity index (χ1) is 10.5. The van der Waals surface area contributed by atoms with E-state index in [1.54, 1.807) is 0 Å². The smallest absolute Gasteiger partial charge is 0.332 e. The average Bonchev–Trinajstić information content (AvgIpc) is 2.92. The van der Waals surface area contributed by atoms with Crippen molar-refractivity contribution in [2.24, 2.45) is 0 Å². The number of carbonyl (C=O) groups is 2. The minimum atomic E-state index is -1.20. The fourth-order valence-electron chi connectivity index (χ4n) is 3.18. The van der Waals surface area contributed by atoms with Gasteiger partial charge in [0.2, 0.25) is 5.91 Å². The van der Waals surface area contributed by atoms with Gasteiger partial charge >= 0.3 is 5.97 Å². The Morgan fingerprint density at radius 1 is 1.36 bits per heavy atom. The van der Waals surface area contributed by atoms with E-state index in [4.69, 9.17) is 4.74 Å². The maximum absolute atomic E-state index is 12.5. The quantitative estimate of drug-likeness (QED) is 0.873. The molecule has 2 rings (SSSR count). The minimum Gasteiger partial charge on any atom is -0.479 e. The molecule has 1 aliphatic heterocycles. The lowest BCUT2D eigenvalue weighted by Gasteiger charge is -2.34. The summed E-state index contributed by atoms with van der Waals surface area (Å²) in [6, 6.07) is 7.94. The molecular weight excluding hydrogens is 282 g/mol. The Bertz CT molecular complexity index is 557. The van der Waals surface area contributed by atoms with Crippen LogP contribution in [0.2, 0.25) is 0 Å². The standard InChI is InChI=1S/C17H23NO4/c1-13-6-3-4-7-14(13)8-9-15(19)18-11-5-10-17(18,12-22-2)16(20)21/h3-4,6-7H,5,8-12H2,1-2H3,(H,20,21). The number of aryl methyl sites for hydroxylation is 2. The summed E-state index contributed by atoms with van der Waals surface area (Å²) in [5, 5.41) is 9.57. The lowest BCUT2D eigenvalue weighted by atomic mass is 9.96. The van der Waals surface area contributed by atoms with E-state index in [0.717, 1.165) is 11.1 Å². The zero-order valence-electron chi connectivity index (χ0n) is 13.2. The van der Waals surface area contributed by atoms with Crippen molar-refractivity contribution in [3.63, 3.8) is 0 Å². The number of ether oxygens (including phenoxy) is 1. The Kier molecular flexibility index (Phi) is 5.19. The van der Waals surface area contributed by atoms with Gasteiger partial charge in [0.05, 0.1) is 6.61 Å². The topological polar surface area (TPSA) is 66.8 Å². The number of rotatable bonds is 6. The first-order valence-corrected chi connectivity index (χ1v) is 7.58. The maximum atomic E-state index is 12.5. The maximum Gasteiger partial charge on any atom is 0.332 e. The molecule has 0 spiro atoms. The summed E-state index contributed by atoms with van der Waals surface area (Å²) in [6.07, 6.45) is 2.10. The highest BCUT2D eigenvalue weighted by Gasteiger charge is 2.49. The summed E-state index contributed by atoms with van der Waals surface area (Å²) in [7, 11) is 1.47. The van der Waals surface area contributed by atoms with Gasteiger partial charge in [-0.15, -0.1) is 0 Å². The fourth-order valence-corrected chi connectivity index (χ4v) is 3.18. The number of carbonyl (C=O) groups excluding carboxylic acids is 1. The van der Waals surface area contributed by atoms with Crippen LogP contribution in [-0.2, 0) is 20.7 Å². The third-order valence-corrected chi connectivity index (χ3v) is 4.44. The highest BCUT2D eigenvalue weighted by molar-refractivity contribution is 5.88. The minimum absolute atomic E-state index is 0.0401. The molecule has 0 radical (unpaired) electrons. The highest BCUT2D eigenvalue weighted by Crippen LogP contribution is 2.31. The van der Waals surface area contributed by atoms with Crippen LogP contribution in [0.4, 0.5) is 0 Å². The van der Waals surface area contributed by atoms with E-state index >= 15 is 0 Å². The van der Waals surface area contributed by atoms with Crippen LogP contribution in [0.1, 0.15) is 30.4 Å². The molecule has 0 aliphatic carbocycles. The third-order valence-electron chi connectivity index (χ3n) is 4.44. The molecule has 1 N–H and O–H groups in total. The van der Waals surface area contributed by atoms with Crippen LogP contribution in [0, 0.1) is 6.92 Å². The van der Waals surface area contributed by atoms with Crippen LogP contribution < -0.4 is 0 Å². The molecule has 5 heteroatoms. The molecule has 22 heavy (non-hydrogen) atoms. The summed E-state index contributed by atoms with van der Waals surface area (Å²) in [4.78, 5) is 25.7. The van der Waals surface area contributed by atoms with E-state index in [1.165, 1.54) is 12.0 Å². The summed E-state index contributed by atoms with van der Waals surface area (Å²) in [5.41, 5.74) is 1.08. The SMILES string of the molecule is COCC1(C(=O)O)CCCN1C(=O)CCc1ccccc1C. The number of aliphatic carboxylic acids is 1. The Labute approximate surface area is 130 Å². The third kappa shape index (κ3) is 3.14. The van der Waals surface area contributed by atoms with Crippen molar-refractivity contribution in [2.75, 3.05) is 20.3 Å². The molecule has 0 bridgehead atoms. The van der Waals surface area contributed by atoms with Crippen molar-refractivity contribution < 1.29 is 19.4 Å². The van der Waals surface area contributed by atoms with E-state index in [0.29, 0.717) is 32.2 Å². The zero-order valence-corrected chi connectivity index (χ0v) is 13.2. The predicted octanol–water partition coefficient (Wildman–Crippen LogP) is 2.02. The molecule has 5 nitrogen and oxygen atoms in total. The van der Waals surface area contributed by atoms with Crippen molar-refractivity contribution in [3.05, 3.63) is 35.4 Å². The van der Waals surface area contributed by atoms with E-state index in [9.17, 15) is 14.7 Å².